The van der Waals surface area contributed by atoms with Gasteiger partial charge in [-0.2, -0.15) is 0 Å². The molecule has 3 aromatic rings. The molecule has 0 spiro atoms. The van der Waals surface area contributed by atoms with Crippen molar-refractivity contribution in [2.24, 2.45) is 0 Å². The van der Waals surface area contributed by atoms with Crippen LogP contribution in [0, 0.1) is 13.8 Å². The van der Waals surface area contributed by atoms with E-state index in [9.17, 15) is 0 Å². The molecule has 0 saturated carbocycles. The maximum absolute atomic E-state index is 6.26. The number of ether oxygens (including phenoxy) is 2. The van der Waals surface area contributed by atoms with Crippen molar-refractivity contribution in [3.05, 3.63) is 94.0 Å². The Morgan fingerprint density at radius 1 is 0.615 bits per heavy atom. The Morgan fingerprint density at radius 2 is 1.00 bits per heavy atom. The van der Waals surface area contributed by atoms with Gasteiger partial charge in [0, 0.05) is 24.0 Å². The van der Waals surface area contributed by atoms with Gasteiger partial charge in [-0.15, -0.1) is 0 Å². The van der Waals surface area contributed by atoms with Crippen LogP contribution in [0.2, 0.25) is 0 Å². The van der Waals surface area contributed by atoms with Crippen LogP contribution in [0.5, 0.6) is 11.5 Å². The third-order valence-corrected chi connectivity index (χ3v) is 5.49. The zero-order valence-corrected chi connectivity index (χ0v) is 15.2. The molecule has 2 nitrogen and oxygen atoms in total. The molecule has 0 fully saturated rings. The van der Waals surface area contributed by atoms with Crippen LogP contribution in [-0.4, -0.2) is 0 Å². The van der Waals surface area contributed by atoms with Gasteiger partial charge in [0.2, 0.25) is 0 Å². The van der Waals surface area contributed by atoms with E-state index in [1.54, 1.807) is 0 Å². The zero-order chi connectivity index (χ0) is 17.7. The summed E-state index contributed by atoms with van der Waals surface area (Å²) in [5, 5.41) is 0. The van der Waals surface area contributed by atoms with Crippen LogP contribution in [-0.2, 0) is 12.8 Å². The average Bonchev–Trinajstić information content (AvgIpc) is 3.23. The smallest absolute Gasteiger partial charge is 0.128 e. The Hall–Kier alpha value is -2.74. The van der Waals surface area contributed by atoms with Crippen molar-refractivity contribution in [1.29, 1.82) is 0 Å². The van der Waals surface area contributed by atoms with Gasteiger partial charge in [0.05, 0.1) is 0 Å². The van der Waals surface area contributed by atoms with E-state index in [2.05, 4.69) is 74.5 Å². The molecule has 2 heterocycles. The molecule has 0 aliphatic carbocycles. The van der Waals surface area contributed by atoms with Crippen molar-refractivity contribution in [2.45, 2.75) is 38.9 Å². The fourth-order valence-corrected chi connectivity index (χ4v) is 3.91. The largest absolute Gasteiger partial charge is 0.485 e. The minimum Gasteiger partial charge on any atom is -0.485 e. The Morgan fingerprint density at radius 3 is 1.38 bits per heavy atom. The maximum atomic E-state index is 6.26. The Balaban J connectivity index is 1.37. The molecule has 2 atom stereocenters. The summed E-state index contributed by atoms with van der Waals surface area (Å²) < 4.78 is 12.5. The normalized spacial score (nSPS) is 20.2. The van der Waals surface area contributed by atoms with Gasteiger partial charge in [0.25, 0.3) is 0 Å². The second kappa shape index (κ2) is 5.91. The minimum atomic E-state index is 0.112. The second-order valence-corrected chi connectivity index (χ2v) is 7.51. The highest BCUT2D eigenvalue weighted by Crippen LogP contribution is 2.45. The highest BCUT2D eigenvalue weighted by atomic mass is 16.5. The van der Waals surface area contributed by atoms with Crippen LogP contribution in [0.25, 0.3) is 0 Å². The number of hydrogen-bond acceptors (Lipinski definition) is 2. The highest BCUT2D eigenvalue weighted by molar-refractivity contribution is 5.52. The van der Waals surface area contributed by atoms with E-state index >= 15 is 0 Å². The van der Waals surface area contributed by atoms with Gasteiger partial charge in [-0.25, -0.2) is 0 Å². The number of hydrogen-bond donors (Lipinski definition) is 0. The molecular formula is C24H22O2. The van der Waals surface area contributed by atoms with E-state index in [-0.39, 0.29) is 12.2 Å². The van der Waals surface area contributed by atoms with Crippen LogP contribution >= 0.6 is 0 Å². The summed E-state index contributed by atoms with van der Waals surface area (Å²) in [6.45, 7) is 4.22. The lowest BCUT2D eigenvalue weighted by atomic mass is 9.99. The first-order chi connectivity index (χ1) is 12.7. The summed E-state index contributed by atoms with van der Waals surface area (Å²) in [6.07, 6.45) is 2.04. The average molecular weight is 342 g/mol. The van der Waals surface area contributed by atoms with Gasteiger partial charge < -0.3 is 9.47 Å². The topological polar surface area (TPSA) is 18.5 Å². The van der Waals surface area contributed by atoms with Crippen LogP contribution in [0.4, 0.5) is 0 Å². The lowest BCUT2D eigenvalue weighted by Gasteiger charge is -2.11. The van der Waals surface area contributed by atoms with E-state index in [0.717, 1.165) is 24.3 Å². The number of fused-ring (bicyclic) bond motifs is 2. The Labute approximate surface area is 154 Å². The van der Waals surface area contributed by atoms with Crippen LogP contribution in [0.1, 0.15) is 45.6 Å². The zero-order valence-electron chi connectivity index (χ0n) is 15.2. The van der Waals surface area contributed by atoms with Crippen LogP contribution < -0.4 is 9.47 Å². The molecule has 130 valence electrons. The monoisotopic (exact) mass is 342 g/mol. The van der Waals surface area contributed by atoms with E-state index in [4.69, 9.17) is 9.47 Å². The lowest BCUT2D eigenvalue weighted by Crippen LogP contribution is -2.03. The Kier molecular flexibility index (Phi) is 3.53. The van der Waals surface area contributed by atoms with Crippen molar-refractivity contribution in [3.63, 3.8) is 0 Å². The summed E-state index contributed by atoms with van der Waals surface area (Å²) >= 11 is 0. The molecule has 0 bridgehead atoms. The minimum absolute atomic E-state index is 0.112. The predicted molar refractivity (Wildman–Crippen MR) is 103 cm³/mol. The highest BCUT2D eigenvalue weighted by Gasteiger charge is 2.30. The molecule has 0 radical (unpaired) electrons. The lowest BCUT2D eigenvalue weighted by molar-refractivity contribution is 0.237. The molecule has 5 rings (SSSR count). The molecule has 0 saturated heterocycles. The summed E-state index contributed by atoms with van der Waals surface area (Å²) in [7, 11) is 0. The summed E-state index contributed by atoms with van der Waals surface area (Å²) in [6, 6.07) is 21.7. The molecule has 0 amide bonds. The fourth-order valence-electron chi connectivity index (χ4n) is 3.91. The quantitative estimate of drug-likeness (QED) is 0.598. The second-order valence-electron chi connectivity index (χ2n) is 7.51. The number of aryl methyl sites for hydroxylation is 2. The van der Waals surface area contributed by atoms with Crippen molar-refractivity contribution < 1.29 is 9.47 Å². The number of rotatable bonds is 2. The maximum Gasteiger partial charge on any atom is 0.128 e. The SMILES string of the molecule is Cc1ccc([C@@H]2Cc3cc4c(cc3O2)C[C@@H](c2ccc(C)cc2)O4)cc1. The van der Waals surface area contributed by atoms with Gasteiger partial charge in [-0.05, 0) is 37.1 Å². The fraction of sp³-hybridized carbons (Fsp3) is 0.250. The van der Waals surface area contributed by atoms with E-state index in [0.29, 0.717) is 0 Å². The summed E-state index contributed by atoms with van der Waals surface area (Å²) in [5.41, 5.74) is 7.53. The molecule has 0 unspecified atom stereocenters. The molecular weight excluding hydrogens is 320 g/mol. The van der Waals surface area contributed by atoms with Gasteiger partial charge in [0.15, 0.2) is 0 Å². The van der Waals surface area contributed by atoms with Crippen LogP contribution in [0.3, 0.4) is 0 Å². The Bertz CT molecular complexity index is 843. The van der Waals surface area contributed by atoms with E-state index in [1.807, 2.05) is 0 Å². The third-order valence-electron chi connectivity index (χ3n) is 5.49. The first kappa shape index (κ1) is 15.5. The first-order valence-electron chi connectivity index (χ1n) is 9.28. The van der Waals surface area contributed by atoms with Crippen LogP contribution in [0.15, 0.2) is 60.7 Å². The predicted octanol–water partition coefficient (Wildman–Crippen LogP) is 5.66. The van der Waals surface area contributed by atoms with Crippen molar-refractivity contribution in [3.8, 4) is 11.5 Å². The third kappa shape index (κ3) is 2.66. The molecule has 2 aliphatic rings. The van der Waals surface area contributed by atoms with Gasteiger partial charge in [-0.3, -0.25) is 0 Å². The van der Waals surface area contributed by atoms with E-state index in [1.165, 1.54) is 33.4 Å². The van der Waals surface area contributed by atoms with Crippen molar-refractivity contribution in [1.82, 2.24) is 0 Å². The molecule has 0 N–H and O–H groups in total. The van der Waals surface area contributed by atoms with E-state index < -0.39 is 0 Å². The molecule has 26 heavy (non-hydrogen) atoms. The van der Waals surface area contributed by atoms with Crippen molar-refractivity contribution >= 4 is 0 Å². The molecule has 0 aromatic heterocycles. The molecule has 2 aliphatic heterocycles. The van der Waals surface area contributed by atoms with Crippen molar-refractivity contribution in [2.75, 3.05) is 0 Å². The first-order valence-corrected chi connectivity index (χ1v) is 9.28. The van der Waals surface area contributed by atoms with Gasteiger partial charge in [-0.1, -0.05) is 59.7 Å². The van der Waals surface area contributed by atoms with Gasteiger partial charge in [0.1, 0.15) is 23.7 Å². The molecule has 2 heteroatoms. The number of benzene rings is 3. The summed E-state index contributed by atoms with van der Waals surface area (Å²) in [4.78, 5) is 0. The molecule has 3 aromatic carbocycles. The van der Waals surface area contributed by atoms with Gasteiger partial charge >= 0.3 is 0 Å². The standard InChI is InChI=1S/C24H22O2/c1-15-3-7-17(8-4-15)21-11-19-13-24-20(14-23(19)25-21)12-22(26-24)18-9-5-16(2)6-10-18/h3-10,13-14,21-22H,11-12H2,1-2H3/t21-,22-/m0/s1. The summed E-state index contributed by atoms with van der Waals surface area (Å²) in [5.74, 6) is 2.03.